The van der Waals surface area contributed by atoms with Crippen LogP contribution in [0.4, 0.5) is 0 Å². The van der Waals surface area contributed by atoms with Gasteiger partial charge in [0.25, 0.3) is 5.91 Å². The molecule has 1 atom stereocenters. The predicted octanol–water partition coefficient (Wildman–Crippen LogP) is 2.84. The average Bonchev–Trinajstić information content (AvgIpc) is 2.56. The van der Waals surface area contributed by atoms with Crippen molar-refractivity contribution in [1.82, 2.24) is 4.90 Å². The second kappa shape index (κ2) is 7.62. The Morgan fingerprint density at radius 1 is 1.32 bits per heavy atom. The summed E-state index contributed by atoms with van der Waals surface area (Å²) in [6.07, 6.45) is 1.09. The SMILES string of the molecule is COCC1(C(=O)O)CCCN(C(=O)C(C)(C)Oc2ccc(Cl)cc2)C1. The quantitative estimate of drug-likeness (QED) is 0.834. The molecular weight excluding hydrogens is 346 g/mol. The van der Waals surface area contributed by atoms with E-state index in [2.05, 4.69) is 0 Å². The predicted molar refractivity (Wildman–Crippen MR) is 93.9 cm³/mol. The number of carbonyl (C=O) groups excluding carboxylic acids is 1. The van der Waals surface area contributed by atoms with Crippen LogP contribution in [-0.2, 0) is 14.3 Å². The monoisotopic (exact) mass is 369 g/mol. The third-order valence-electron chi connectivity index (χ3n) is 4.44. The van der Waals surface area contributed by atoms with Gasteiger partial charge in [0.2, 0.25) is 0 Å². The van der Waals surface area contributed by atoms with Crippen LogP contribution in [0.1, 0.15) is 26.7 Å². The number of hydrogen-bond acceptors (Lipinski definition) is 4. The number of likely N-dealkylation sites (tertiary alicyclic amines) is 1. The molecule has 0 spiro atoms. The van der Waals surface area contributed by atoms with Crippen molar-refractivity contribution < 1.29 is 24.2 Å². The maximum absolute atomic E-state index is 12.9. The summed E-state index contributed by atoms with van der Waals surface area (Å²) in [5, 5.41) is 10.2. The maximum atomic E-state index is 12.9. The Hall–Kier alpha value is -1.79. The van der Waals surface area contributed by atoms with Gasteiger partial charge in [0.15, 0.2) is 5.60 Å². The van der Waals surface area contributed by atoms with E-state index in [0.29, 0.717) is 30.2 Å². The molecule has 0 radical (unpaired) electrons. The van der Waals surface area contributed by atoms with Crippen LogP contribution in [0.15, 0.2) is 24.3 Å². The van der Waals surface area contributed by atoms with E-state index >= 15 is 0 Å². The minimum absolute atomic E-state index is 0.0740. The molecule has 0 aromatic heterocycles. The minimum atomic E-state index is -1.12. The van der Waals surface area contributed by atoms with Crippen LogP contribution in [0.25, 0.3) is 0 Å². The molecule has 1 unspecified atom stereocenters. The first-order valence-corrected chi connectivity index (χ1v) is 8.54. The average molecular weight is 370 g/mol. The molecule has 6 nitrogen and oxygen atoms in total. The normalized spacial score (nSPS) is 21.0. The van der Waals surface area contributed by atoms with E-state index in [9.17, 15) is 14.7 Å². The summed E-state index contributed by atoms with van der Waals surface area (Å²) in [5.41, 5.74) is -2.19. The van der Waals surface area contributed by atoms with Gasteiger partial charge in [0.1, 0.15) is 11.2 Å². The molecule has 1 saturated heterocycles. The van der Waals surface area contributed by atoms with Crippen molar-refractivity contribution in [3.63, 3.8) is 0 Å². The molecular formula is C18H24ClNO5. The van der Waals surface area contributed by atoms with Crippen LogP contribution in [0.5, 0.6) is 5.75 Å². The van der Waals surface area contributed by atoms with Crippen LogP contribution < -0.4 is 4.74 Å². The number of piperidine rings is 1. The fourth-order valence-electron chi connectivity index (χ4n) is 3.16. The van der Waals surface area contributed by atoms with Crippen molar-refractivity contribution in [2.24, 2.45) is 5.41 Å². The lowest BCUT2D eigenvalue weighted by atomic mass is 9.80. The number of carboxylic acids is 1. The van der Waals surface area contributed by atoms with Gasteiger partial charge in [-0.2, -0.15) is 0 Å². The molecule has 1 heterocycles. The van der Waals surface area contributed by atoms with Gasteiger partial charge >= 0.3 is 5.97 Å². The third-order valence-corrected chi connectivity index (χ3v) is 4.69. The Balaban J connectivity index is 2.14. The molecule has 1 aliphatic rings. The highest BCUT2D eigenvalue weighted by atomic mass is 35.5. The van der Waals surface area contributed by atoms with E-state index in [1.54, 1.807) is 43.0 Å². The summed E-state index contributed by atoms with van der Waals surface area (Å²) in [6.45, 7) is 4.05. The molecule has 25 heavy (non-hydrogen) atoms. The van der Waals surface area contributed by atoms with Gasteiger partial charge in [0.05, 0.1) is 6.61 Å². The van der Waals surface area contributed by atoms with E-state index < -0.39 is 17.0 Å². The number of methoxy groups -OCH3 is 1. The molecule has 0 saturated carbocycles. The van der Waals surface area contributed by atoms with Crippen LogP contribution in [0.3, 0.4) is 0 Å². The third kappa shape index (κ3) is 4.44. The lowest BCUT2D eigenvalue weighted by molar-refractivity contribution is -0.162. The van der Waals surface area contributed by atoms with Gasteiger partial charge in [0, 0.05) is 25.2 Å². The molecule has 1 amide bonds. The number of rotatable bonds is 6. The summed E-state index contributed by atoms with van der Waals surface area (Å²) in [5.74, 6) is -0.659. The molecule has 1 aliphatic heterocycles. The van der Waals surface area contributed by atoms with Crippen LogP contribution in [0.2, 0.25) is 5.02 Å². The zero-order valence-electron chi connectivity index (χ0n) is 14.8. The van der Waals surface area contributed by atoms with E-state index in [-0.39, 0.29) is 19.1 Å². The molecule has 7 heteroatoms. The van der Waals surface area contributed by atoms with E-state index in [0.717, 1.165) is 0 Å². The van der Waals surface area contributed by atoms with Crippen molar-refractivity contribution in [2.75, 3.05) is 26.8 Å². The summed E-state index contributed by atoms with van der Waals surface area (Å²) >= 11 is 5.86. The summed E-state index contributed by atoms with van der Waals surface area (Å²) in [7, 11) is 1.47. The Kier molecular flexibility index (Phi) is 5.95. The fraction of sp³-hybridized carbons (Fsp3) is 0.556. The van der Waals surface area contributed by atoms with Crippen molar-refractivity contribution in [2.45, 2.75) is 32.3 Å². The molecule has 0 bridgehead atoms. The number of carboxylic acid groups (broad SMARTS) is 1. The first kappa shape index (κ1) is 19.5. The van der Waals surface area contributed by atoms with Crippen LogP contribution in [0, 0.1) is 5.41 Å². The number of hydrogen-bond donors (Lipinski definition) is 1. The number of halogens is 1. The lowest BCUT2D eigenvalue weighted by Gasteiger charge is -2.42. The highest BCUT2D eigenvalue weighted by Crippen LogP contribution is 2.32. The molecule has 1 aromatic carbocycles. The smallest absolute Gasteiger partial charge is 0.313 e. The lowest BCUT2D eigenvalue weighted by Crippen LogP contribution is -2.57. The van der Waals surface area contributed by atoms with Gasteiger partial charge < -0.3 is 19.5 Å². The number of ether oxygens (including phenoxy) is 2. The topological polar surface area (TPSA) is 76.1 Å². The zero-order valence-corrected chi connectivity index (χ0v) is 15.5. The number of amides is 1. The number of benzene rings is 1. The standard InChI is InChI=1S/C18H24ClNO5/c1-17(2,25-14-7-5-13(19)6-8-14)15(21)20-10-4-9-18(11-20,12-24-3)16(22)23/h5-8H,4,9-12H2,1-3H3,(H,22,23). The number of carbonyl (C=O) groups is 2. The van der Waals surface area contributed by atoms with Gasteiger partial charge in [-0.3, -0.25) is 9.59 Å². The largest absolute Gasteiger partial charge is 0.481 e. The number of nitrogens with zero attached hydrogens (tertiary/aromatic N) is 1. The summed E-state index contributed by atoms with van der Waals surface area (Å²) < 4.78 is 10.9. The molecule has 1 fully saturated rings. The first-order chi connectivity index (χ1) is 11.7. The van der Waals surface area contributed by atoms with Crippen molar-refractivity contribution >= 4 is 23.5 Å². The van der Waals surface area contributed by atoms with Crippen LogP contribution >= 0.6 is 11.6 Å². The Labute approximate surface area is 152 Å². The molecule has 1 aromatic rings. The Morgan fingerprint density at radius 3 is 2.52 bits per heavy atom. The second-order valence-electron chi connectivity index (χ2n) is 6.92. The summed E-state index contributed by atoms with van der Waals surface area (Å²) in [4.78, 5) is 26.3. The van der Waals surface area contributed by atoms with E-state index in [1.165, 1.54) is 7.11 Å². The van der Waals surface area contributed by atoms with E-state index in [4.69, 9.17) is 21.1 Å². The van der Waals surface area contributed by atoms with Gasteiger partial charge in [-0.15, -0.1) is 0 Å². The Morgan fingerprint density at radius 2 is 1.96 bits per heavy atom. The number of aliphatic carboxylic acids is 1. The minimum Gasteiger partial charge on any atom is -0.481 e. The maximum Gasteiger partial charge on any atom is 0.313 e. The molecule has 2 rings (SSSR count). The zero-order chi connectivity index (χ0) is 18.7. The van der Waals surface area contributed by atoms with Crippen LogP contribution in [-0.4, -0.2) is 54.3 Å². The van der Waals surface area contributed by atoms with Crippen molar-refractivity contribution in [1.29, 1.82) is 0 Å². The van der Waals surface area contributed by atoms with Crippen molar-refractivity contribution in [3.05, 3.63) is 29.3 Å². The van der Waals surface area contributed by atoms with Gasteiger partial charge in [-0.25, -0.2) is 0 Å². The van der Waals surface area contributed by atoms with Gasteiger partial charge in [-0.05, 0) is 51.0 Å². The van der Waals surface area contributed by atoms with Gasteiger partial charge in [-0.1, -0.05) is 11.6 Å². The highest BCUT2D eigenvalue weighted by molar-refractivity contribution is 6.30. The van der Waals surface area contributed by atoms with Crippen molar-refractivity contribution in [3.8, 4) is 5.75 Å². The molecule has 138 valence electrons. The fourth-order valence-corrected chi connectivity index (χ4v) is 3.28. The molecule has 1 N–H and O–H groups in total. The molecule has 0 aliphatic carbocycles. The van der Waals surface area contributed by atoms with E-state index in [1.807, 2.05) is 0 Å². The Bertz CT molecular complexity index is 627. The second-order valence-corrected chi connectivity index (χ2v) is 7.35. The first-order valence-electron chi connectivity index (χ1n) is 8.16. The highest BCUT2D eigenvalue weighted by Gasteiger charge is 2.46. The summed E-state index contributed by atoms with van der Waals surface area (Å²) in [6, 6.07) is 6.76.